The number of nitrogens with two attached hydrogens (primary N) is 1. The first-order valence-electron chi connectivity index (χ1n) is 5.18. The Labute approximate surface area is 102 Å². The summed E-state index contributed by atoms with van der Waals surface area (Å²) in [5.74, 6) is -2.52. The van der Waals surface area contributed by atoms with Gasteiger partial charge in [0.05, 0.1) is 0 Å². The number of esters is 1. The Morgan fingerprint density at radius 1 is 1.56 bits per heavy atom. The number of ether oxygens (including phenoxy) is 3. The van der Waals surface area contributed by atoms with Crippen LogP contribution in [0, 0.1) is 0 Å². The highest BCUT2D eigenvalue weighted by Gasteiger charge is 2.28. The monoisotopic (exact) mass is 259 g/mol. The number of hydrogen-bond acceptors (Lipinski definition) is 7. The van der Waals surface area contributed by atoms with Gasteiger partial charge in [-0.3, -0.25) is 0 Å². The van der Waals surface area contributed by atoms with E-state index in [1.165, 1.54) is 0 Å². The van der Waals surface area contributed by atoms with Gasteiger partial charge in [-0.2, -0.15) is 0 Å². The van der Waals surface area contributed by atoms with Crippen molar-refractivity contribution in [3.8, 4) is 0 Å². The molecule has 1 unspecified atom stereocenters. The molecule has 0 aromatic rings. The number of hydrogen-bond donors (Lipinski definition) is 2. The molecule has 0 spiro atoms. The molecule has 0 amide bonds. The number of aliphatic carboxylic acids is 1. The van der Waals surface area contributed by atoms with Crippen molar-refractivity contribution in [2.75, 3.05) is 13.2 Å². The van der Waals surface area contributed by atoms with E-state index >= 15 is 0 Å². The summed E-state index contributed by atoms with van der Waals surface area (Å²) in [7, 11) is 0. The molecule has 1 aliphatic heterocycles. The topological polar surface area (TPSA) is 125 Å². The van der Waals surface area contributed by atoms with Gasteiger partial charge in [-0.1, -0.05) is 6.92 Å². The van der Waals surface area contributed by atoms with Crippen LogP contribution in [0.25, 0.3) is 0 Å². The van der Waals surface area contributed by atoms with Gasteiger partial charge in [0.1, 0.15) is 13.2 Å². The molecule has 18 heavy (non-hydrogen) atoms. The maximum absolute atomic E-state index is 11.5. The zero-order valence-corrected chi connectivity index (χ0v) is 9.67. The van der Waals surface area contributed by atoms with E-state index in [9.17, 15) is 14.4 Å². The molecule has 8 nitrogen and oxygen atoms in total. The van der Waals surface area contributed by atoms with Crippen molar-refractivity contribution in [1.29, 1.82) is 0 Å². The van der Waals surface area contributed by atoms with Gasteiger partial charge in [-0.25, -0.2) is 14.4 Å². The molecule has 1 heterocycles. The van der Waals surface area contributed by atoms with Crippen molar-refractivity contribution in [2.24, 2.45) is 5.73 Å². The Hall–Kier alpha value is -2.25. The number of allylic oxidation sites excluding steroid dienone is 1. The molecule has 100 valence electrons. The van der Waals surface area contributed by atoms with Crippen LogP contribution in [0.1, 0.15) is 13.3 Å². The van der Waals surface area contributed by atoms with Crippen LogP contribution in [0.2, 0.25) is 0 Å². The van der Waals surface area contributed by atoms with Gasteiger partial charge < -0.3 is 25.1 Å². The molecule has 8 heteroatoms. The summed E-state index contributed by atoms with van der Waals surface area (Å²) in [6, 6.07) is 0. The first kappa shape index (κ1) is 13.8. The Balaban J connectivity index is 2.58. The molecule has 0 aromatic carbocycles. The summed E-state index contributed by atoms with van der Waals surface area (Å²) in [6.45, 7) is 1.29. The third kappa shape index (κ3) is 3.37. The Morgan fingerprint density at radius 2 is 2.22 bits per heavy atom. The van der Waals surface area contributed by atoms with Crippen LogP contribution < -0.4 is 5.73 Å². The Bertz CT molecular complexity index is 401. The molecule has 1 rings (SSSR count). The summed E-state index contributed by atoms with van der Waals surface area (Å²) in [5.41, 5.74) is 4.73. The molecule has 1 atom stereocenters. The van der Waals surface area contributed by atoms with E-state index in [2.05, 4.69) is 9.47 Å². The second kappa shape index (κ2) is 5.89. The molecule has 0 aromatic heterocycles. The van der Waals surface area contributed by atoms with E-state index in [4.69, 9.17) is 15.6 Å². The summed E-state index contributed by atoms with van der Waals surface area (Å²) < 4.78 is 13.8. The second-order valence-electron chi connectivity index (χ2n) is 3.46. The third-order valence-electron chi connectivity index (χ3n) is 2.17. The van der Waals surface area contributed by atoms with Gasteiger partial charge in [0.25, 0.3) is 0 Å². The largest absolute Gasteiger partial charge is 0.508 e. The fourth-order valence-corrected chi connectivity index (χ4v) is 1.22. The van der Waals surface area contributed by atoms with E-state index in [0.717, 1.165) is 0 Å². The zero-order chi connectivity index (χ0) is 13.7. The van der Waals surface area contributed by atoms with Crippen LogP contribution in [0.15, 0.2) is 11.3 Å². The average molecular weight is 259 g/mol. The van der Waals surface area contributed by atoms with Gasteiger partial charge in [-0.15, -0.1) is 0 Å². The van der Waals surface area contributed by atoms with Gasteiger partial charge in [0.15, 0.2) is 11.7 Å². The molecule has 0 aliphatic carbocycles. The fraction of sp³-hybridized carbons (Fsp3) is 0.500. The minimum atomic E-state index is -1.46. The average Bonchev–Trinajstić information content (AvgIpc) is 2.72. The van der Waals surface area contributed by atoms with Crippen molar-refractivity contribution in [3.05, 3.63) is 11.3 Å². The quantitative estimate of drug-likeness (QED) is 0.300. The molecule has 0 saturated carbocycles. The number of carboxylic acid groups (broad SMARTS) is 1. The predicted molar refractivity (Wildman–Crippen MR) is 56.3 cm³/mol. The highest BCUT2D eigenvalue weighted by Crippen LogP contribution is 2.10. The highest BCUT2D eigenvalue weighted by molar-refractivity contribution is 6.13. The van der Waals surface area contributed by atoms with E-state index in [1.807, 2.05) is 0 Å². The molecular formula is C10H13NO7. The van der Waals surface area contributed by atoms with Gasteiger partial charge in [0.2, 0.25) is 0 Å². The number of carbonyl (C=O) groups excluding carboxylic acids is 2. The molecule has 3 N–H and O–H groups in total. The standard InChI is InChI=1S/C10H13NO7/c1-2-6(11)7(8(12)13)9(14)16-3-5-4-17-10(15)18-5/h5H,2-4,11H2,1H3,(H,12,13)/b7-6+. The smallest absolute Gasteiger partial charge is 0.477 e. The second-order valence-corrected chi connectivity index (χ2v) is 3.46. The zero-order valence-electron chi connectivity index (χ0n) is 9.67. The van der Waals surface area contributed by atoms with Crippen LogP contribution in [0.3, 0.4) is 0 Å². The lowest BCUT2D eigenvalue weighted by Crippen LogP contribution is -2.25. The molecule has 0 radical (unpaired) electrons. The lowest BCUT2D eigenvalue weighted by atomic mass is 10.2. The summed E-state index contributed by atoms with van der Waals surface area (Å²) in [5, 5.41) is 8.83. The third-order valence-corrected chi connectivity index (χ3v) is 2.17. The predicted octanol–water partition coefficient (Wildman–Crippen LogP) is -0.228. The van der Waals surface area contributed by atoms with E-state index in [0.29, 0.717) is 0 Å². The maximum Gasteiger partial charge on any atom is 0.508 e. The van der Waals surface area contributed by atoms with Gasteiger partial charge >= 0.3 is 18.1 Å². The normalized spacial score (nSPS) is 19.6. The van der Waals surface area contributed by atoms with Crippen molar-refractivity contribution in [2.45, 2.75) is 19.4 Å². The van der Waals surface area contributed by atoms with Crippen LogP contribution in [-0.2, 0) is 23.8 Å². The SMILES string of the molecule is CC/C(N)=C(/C(=O)O)C(=O)OCC1COC(=O)O1. The molecule has 1 aliphatic rings. The Kier molecular flexibility index (Phi) is 4.52. The molecule has 0 bridgehead atoms. The molecule has 1 saturated heterocycles. The van der Waals surface area contributed by atoms with Gasteiger partial charge in [0, 0.05) is 5.70 Å². The minimum absolute atomic E-state index is 0.0402. The van der Waals surface area contributed by atoms with Crippen molar-refractivity contribution in [1.82, 2.24) is 0 Å². The van der Waals surface area contributed by atoms with E-state index < -0.39 is 29.8 Å². The van der Waals surface area contributed by atoms with Crippen molar-refractivity contribution in [3.63, 3.8) is 0 Å². The Morgan fingerprint density at radius 3 is 2.67 bits per heavy atom. The van der Waals surface area contributed by atoms with E-state index in [-0.39, 0.29) is 25.3 Å². The van der Waals surface area contributed by atoms with Crippen LogP contribution in [0.4, 0.5) is 4.79 Å². The summed E-state index contributed by atoms with van der Waals surface area (Å²) in [6.07, 6.45) is -1.37. The number of carbonyl (C=O) groups is 3. The molecule has 1 fully saturated rings. The lowest BCUT2D eigenvalue weighted by Gasteiger charge is -2.09. The molecular weight excluding hydrogens is 246 g/mol. The van der Waals surface area contributed by atoms with Crippen LogP contribution in [0.5, 0.6) is 0 Å². The van der Waals surface area contributed by atoms with Gasteiger partial charge in [-0.05, 0) is 6.42 Å². The van der Waals surface area contributed by atoms with Crippen LogP contribution >= 0.6 is 0 Å². The first-order valence-corrected chi connectivity index (χ1v) is 5.18. The summed E-state index contributed by atoms with van der Waals surface area (Å²) >= 11 is 0. The number of carboxylic acids is 1. The van der Waals surface area contributed by atoms with Crippen molar-refractivity contribution < 1.29 is 33.7 Å². The van der Waals surface area contributed by atoms with Crippen LogP contribution in [-0.4, -0.2) is 42.5 Å². The minimum Gasteiger partial charge on any atom is -0.477 e. The number of cyclic esters (lactones) is 2. The van der Waals surface area contributed by atoms with Crippen molar-refractivity contribution >= 4 is 18.1 Å². The number of rotatable bonds is 5. The lowest BCUT2D eigenvalue weighted by molar-refractivity contribution is -0.146. The summed E-state index contributed by atoms with van der Waals surface area (Å²) in [4.78, 5) is 32.9. The maximum atomic E-state index is 11.5. The fourth-order valence-electron chi connectivity index (χ4n) is 1.22. The first-order chi connectivity index (χ1) is 8.45. The highest BCUT2D eigenvalue weighted by atomic mass is 16.8. The van der Waals surface area contributed by atoms with E-state index in [1.54, 1.807) is 6.92 Å².